The van der Waals surface area contributed by atoms with Crippen LogP contribution in [0.2, 0.25) is 0 Å². The van der Waals surface area contributed by atoms with Gasteiger partial charge in [0.15, 0.2) is 0 Å². The largest absolute Gasteiger partial charge is 0.466 e. The normalized spacial score (nSPS) is 13.2. The van der Waals surface area contributed by atoms with Crippen LogP contribution < -0.4 is 5.73 Å². The van der Waals surface area contributed by atoms with Crippen LogP contribution in [0, 0.1) is 5.92 Å². The summed E-state index contributed by atoms with van der Waals surface area (Å²) < 4.78 is 10.6. The summed E-state index contributed by atoms with van der Waals surface area (Å²) in [5, 5.41) is 0. The number of nitrogens with two attached hydrogens (primary N) is 1. The molecule has 0 fully saturated rings. The van der Waals surface area contributed by atoms with E-state index in [0.29, 0.717) is 26.2 Å². The van der Waals surface area contributed by atoms with Crippen molar-refractivity contribution in [1.29, 1.82) is 0 Å². The van der Waals surface area contributed by atoms with Crippen molar-refractivity contribution < 1.29 is 14.3 Å². The van der Waals surface area contributed by atoms with Crippen molar-refractivity contribution in [3.8, 4) is 11.1 Å². The van der Waals surface area contributed by atoms with E-state index in [4.69, 9.17) is 15.2 Å². The van der Waals surface area contributed by atoms with Gasteiger partial charge in [0, 0.05) is 12.6 Å². The highest BCUT2D eigenvalue weighted by atomic mass is 16.5. The number of esters is 1. The van der Waals surface area contributed by atoms with Crippen LogP contribution in [0.3, 0.4) is 0 Å². The van der Waals surface area contributed by atoms with Gasteiger partial charge in [-0.05, 0) is 43.4 Å². The zero-order valence-electron chi connectivity index (χ0n) is 15.7. The average Bonchev–Trinajstić information content (AvgIpc) is 2.66. The van der Waals surface area contributed by atoms with Crippen LogP contribution in [0.5, 0.6) is 0 Å². The van der Waals surface area contributed by atoms with Gasteiger partial charge in [-0.1, -0.05) is 54.6 Å². The molecule has 2 atom stereocenters. The third-order valence-electron chi connectivity index (χ3n) is 4.29. The van der Waals surface area contributed by atoms with Gasteiger partial charge in [-0.3, -0.25) is 4.79 Å². The molecule has 26 heavy (non-hydrogen) atoms. The number of ether oxygens (including phenoxy) is 2. The van der Waals surface area contributed by atoms with Crippen LogP contribution in [0.15, 0.2) is 54.6 Å². The lowest BCUT2D eigenvalue weighted by molar-refractivity contribution is -0.150. The maximum absolute atomic E-state index is 12.1. The summed E-state index contributed by atoms with van der Waals surface area (Å²) in [5.41, 5.74) is 9.84. The fourth-order valence-corrected chi connectivity index (χ4v) is 2.97. The average molecular weight is 355 g/mol. The van der Waals surface area contributed by atoms with Crippen molar-refractivity contribution in [2.75, 3.05) is 19.8 Å². The minimum Gasteiger partial charge on any atom is -0.466 e. The van der Waals surface area contributed by atoms with Crippen LogP contribution in [0.1, 0.15) is 25.8 Å². The van der Waals surface area contributed by atoms with Gasteiger partial charge in [-0.25, -0.2) is 0 Å². The summed E-state index contributed by atoms with van der Waals surface area (Å²) in [5.74, 6) is -0.538. The summed E-state index contributed by atoms with van der Waals surface area (Å²) in [7, 11) is 0. The highest BCUT2D eigenvalue weighted by Crippen LogP contribution is 2.20. The van der Waals surface area contributed by atoms with Crippen LogP contribution >= 0.6 is 0 Å². The minimum absolute atomic E-state index is 0.118. The Kier molecular flexibility index (Phi) is 8.32. The Bertz CT molecular complexity index is 655. The number of rotatable bonds is 10. The minimum atomic E-state index is -0.312. The van der Waals surface area contributed by atoms with E-state index in [9.17, 15) is 4.79 Å². The number of benzene rings is 2. The molecule has 0 heterocycles. The monoisotopic (exact) mass is 355 g/mol. The van der Waals surface area contributed by atoms with Gasteiger partial charge in [0.05, 0.1) is 19.1 Å². The lowest BCUT2D eigenvalue weighted by atomic mass is 9.95. The molecule has 0 aliphatic rings. The predicted molar refractivity (Wildman–Crippen MR) is 105 cm³/mol. The van der Waals surface area contributed by atoms with Crippen LogP contribution in [0.25, 0.3) is 11.1 Å². The van der Waals surface area contributed by atoms with Crippen molar-refractivity contribution >= 4 is 5.97 Å². The Labute approximate surface area is 156 Å². The van der Waals surface area contributed by atoms with E-state index in [-0.39, 0.29) is 17.9 Å². The van der Waals surface area contributed by atoms with Crippen molar-refractivity contribution in [3.05, 3.63) is 60.2 Å². The summed E-state index contributed by atoms with van der Waals surface area (Å²) in [6.07, 6.45) is 1.27. The molecular formula is C22H29NO3. The van der Waals surface area contributed by atoms with E-state index >= 15 is 0 Å². The molecule has 0 bridgehead atoms. The summed E-state index contributed by atoms with van der Waals surface area (Å²) in [6.45, 7) is 5.03. The summed E-state index contributed by atoms with van der Waals surface area (Å²) >= 11 is 0. The van der Waals surface area contributed by atoms with Crippen LogP contribution in [-0.2, 0) is 20.7 Å². The molecule has 0 aliphatic carbocycles. The molecule has 4 heteroatoms. The second-order valence-electron chi connectivity index (χ2n) is 6.37. The van der Waals surface area contributed by atoms with E-state index in [1.54, 1.807) is 0 Å². The van der Waals surface area contributed by atoms with E-state index in [0.717, 1.165) is 12.0 Å². The molecule has 0 aromatic heterocycles. The molecule has 0 radical (unpaired) electrons. The zero-order valence-corrected chi connectivity index (χ0v) is 15.7. The fraction of sp³-hybridized carbons (Fsp3) is 0.409. The molecule has 140 valence electrons. The number of carbonyl (C=O) groups excluding carboxylic acids is 1. The van der Waals surface area contributed by atoms with Gasteiger partial charge >= 0.3 is 5.97 Å². The van der Waals surface area contributed by atoms with Crippen molar-refractivity contribution in [2.24, 2.45) is 11.7 Å². The second-order valence-corrected chi connectivity index (χ2v) is 6.37. The molecular weight excluding hydrogens is 326 g/mol. The number of carbonyl (C=O) groups is 1. The lowest BCUT2D eigenvalue weighted by Crippen LogP contribution is -2.32. The van der Waals surface area contributed by atoms with Gasteiger partial charge in [0.1, 0.15) is 0 Å². The Morgan fingerprint density at radius 1 is 0.962 bits per heavy atom. The SMILES string of the molecule is CCOCC(CC(N)Cc1ccc(-c2ccccc2)cc1)C(=O)OCC. The molecule has 0 aliphatic heterocycles. The van der Waals surface area contributed by atoms with Gasteiger partial charge in [-0.2, -0.15) is 0 Å². The van der Waals surface area contributed by atoms with Gasteiger partial charge in [0.2, 0.25) is 0 Å². The van der Waals surface area contributed by atoms with Crippen LogP contribution in [0.4, 0.5) is 0 Å². The standard InChI is InChI=1S/C22H29NO3/c1-3-25-16-20(22(24)26-4-2)15-21(23)14-17-10-12-19(13-11-17)18-8-6-5-7-9-18/h5-13,20-21H,3-4,14-16,23H2,1-2H3. The van der Waals surface area contributed by atoms with Crippen molar-refractivity contribution in [1.82, 2.24) is 0 Å². The Balaban J connectivity index is 1.94. The first-order chi connectivity index (χ1) is 12.6. The molecule has 2 rings (SSSR count). The maximum atomic E-state index is 12.1. The zero-order chi connectivity index (χ0) is 18.8. The predicted octanol–water partition coefficient (Wildman–Crippen LogP) is 3.83. The molecule has 0 amide bonds. The second kappa shape index (κ2) is 10.7. The number of hydrogen-bond acceptors (Lipinski definition) is 4. The van der Waals surface area contributed by atoms with E-state index < -0.39 is 0 Å². The summed E-state index contributed by atoms with van der Waals surface area (Å²) in [4.78, 5) is 12.1. The highest BCUT2D eigenvalue weighted by Gasteiger charge is 2.23. The molecule has 2 aromatic rings. The Morgan fingerprint density at radius 2 is 1.62 bits per heavy atom. The smallest absolute Gasteiger partial charge is 0.311 e. The van der Waals surface area contributed by atoms with Crippen molar-refractivity contribution in [2.45, 2.75) is 32.7 Å². The lowest BCUT2D eigenvalue weighted by Gasteiger charge is -2.19. The molecule has 0 saturated carbocycles. The molecule has 2 N–H and O–H groups in total. The highest BCUT2D eigenvalue weighted by molar-refractivity contribution is 5.72. The first-order valence-electron chi connectivity index (χ1n) is 9.28. The number of hydrogen-bond donors (Lipinski definition) is 1. The van der Waals surface area contributed by atoms with Gasteiger partial charge in [0.25, 0.3) is 0 Å². The summed E-state index contributed by atoms with van der Waals surface area (Å²) in [6, 6.07) is 18.6. The quantitative estimate of drug-likeness (QED) is 0.658. The van der Waals surface area contributed by atoms with Crippen molar-refractivity contribution in [3.63, 3.8) is 0 Å². The van der Waals surface area contributed by atoms with E-state index in [1.165, 1.54) is 11.1 Å². The van der Waals surface area contributed by atoms with E-state index in [1.807, 2.05) is 32.0 Å². The molecule has 2 unspecified atom stereocenters. The molecule has 2 aromatic carbocycles. The van der Waals surface area contributed by atoms with Gasteiger partial charge in [-0.15, -0.1) is 0 Å². The molecule has 0 saturated heterocycles. The topological polar surface area (TPSA) is 61.5 Å². The fourth-order valence-electron chi connectivity index (χ4n) is 2.97. The Morgan fingerprint density at radius 3 is 2.23 bits per heavy atom. The first-order valence-corrected chi connectivity index (χ1v) is 9.28. The third-order valence-corrected chi connectivity index (χ3v) is 4.29. The molecule has 0 spiro atoms. The third kappa shape index (κ3) is 6.28. The van der Waals surface area contributed by atoms with E-state index in [2.05, 4.69) is 36.4 Å². The maximum Gasteiger partial charge on any atom is 0.311 e. The van der Waals surface area contributed by atoms with Gasteiger partial charge < -0.3 is 15.2 Å². The first kappa shape index (κ1) is 20.1. The Hall–Kier alpha value is -2.17. The van der Waals surface area contributed by atoms with Crippen LogP contribution in [-0.4, -0.2) is 31.8 Å². The molecule has 4 nitrogen and oxygen atoms in total.